The number of carbonyl (C=O) groups excluding carboxylic acids is 1. The van der Waals surface area contributed by atoms with Crippen LogP contribution >= 0.6 is 11.6 Å². The summed E-state index contributed by atoms with van der Waals surface area (Å²) in [6.07, 6.45) is 1.65. The molecule has 0 spiro atoms. The van der Waals surface area contributed by atoms with E-state index in [1.54, 1.807) is 13.3 Å². The molecule has 6 nitrogen and oxygen atoms in total. The summed E-state index contributed by atoms with van der Waals surface area (Å²) < 4.78 is 5.12. The van der Waals surface area contributed by atoms with Gasteiger partial charge in [0, 0.05) is 49.6 Å². The molecule has 0 unspecified atom stereocenters. The largest absolute Gasteiger partial charge is 0.497 e. The highest BCUT2D eigenvalue weighted by Gasteiger charge is 2.17. The van der Waals surface area contributed by atoms with Gasteiger partial charge < -0.3 is 19.9 Å². The van der Waals surface area contributed by atoms with Crippen LogP contribution in [0.4, 0.5) is 5.69 Å². The minimum Gasteiger partial charge on any atom is -0.497 e. The lowest BCUT2D eigenvalue weighted by Crippen LogP contribution is -2.44. The quantitative estimate of drug-likeness (QED) is 0.585. The first-order valence-electron chi connectivity index (χ1n) is 9.36. The third kappa shape index (κ3) is 5.66. The summed E-state index contributed by atoms with van der Waals surface area (Å²) in [5.74, 6) is 0.384. The van der Waals surface area contributed by atoms with E-state index in [2.05, 4.69) is 10.2 Å². The molecule has 0 aromatic heterocycles. The van der Waals surface area contributed by atoms with Gasteiger partial charge in [0.25, 0.3) is 5.91 Å². The van der Waals surface area contributed by atoms with E-state index in [0.717, 1.165) is 43.2 Å². The molecule has 1 heterocycles. The molecule has 0 radical (unpaired) electrons. The van der Waals surface area contributed by atoms with Crippen molar-refractivity contribution in [3.8, 4) is 11.8 Å². The molecule has 0 atom stereocenters. The fourth-order valence-electron chi connectivity index (χ4n) is 3.12. The van der Waals surface area contributed by atoms with Crippen molar-refractivity contribution in [2.75, 3.05) is 38.2 Å². The maximum absolute atomic E-state index is 12.4. The lowest BCUT2D eigenvalue weighted by molar-refractivity contribution is -0.117. The summed E-state index contributed by atoms with van der Waals surface area (Å²) in [4.78, 5) is 16.6. The van der Waals surface area contributed by atoms with Gasteiger partial charge in [0.1, 0.15) is 17.4 Å². The molecular formula is C22H23ClN4O2. The zero-order valence-electron chi connectivity index (χ0n) is 16.3. The van der Waals surface area contributed by atoms with Crippen molar-refractivity contribution in [3.63, 3.8) is 0 Å². The van der Waals surface area contributed by atoms with Gasteiger partial charge in [0.05, 0.1) is 7.11 Å². The summed E-state index contributed by atoms with van der Waals surface area (Å²) in [6, 6.07) is 17.2. The van der Waals surface area contributed by atoms with Crippen molar-refractivity contribution in [2.24, 2.45) is 0 Å². The molecule has 1 aliphatic heterocycles. The Kier molecular flexibility index (Phi) is 6.99. The number of nitrogens with one attached hydrogen (secondary N) is 1. The third-order valence-electron chi connectivity index (χ3n) is 4.78. The Morgan fingerprint density at radius 3 is 2.55 bits per heavy atom. The number of carbonyl (C=O) groups is 1. The first kappa shape index (κ1) is 20.6. The standard InChI is InChI=1S/C22H23ClN4O2/c1-29-21-7-5-17(6-8-21)15-25-22(28)18(14-24)16-26-9-11-27(12-10-26)20-4-2-3-19(23)13-20/h2-8,13,16H,9-12,15H2,1H3,(H,25,28). The number of amides is 1. The summed E-state index contributed by atoms with van der Waals surface area (Å²) in [6.45, 7) is 3.39. The molecule has 0 saturated carbocycles. The van der Waals surface area contributed by atoms with Gasteiger partial charge in [-0.2, -0.15) is 5.26 Å². The van der Waals surface area contributed by atoms with E-state index in [9.17, 15) is 10.1 Å². The van der Waals surface area contributed by atoms with Gasteiger partial charge in [0.15, 0.2) is 0 Å². The smallest absolute Gasteiger partial charge is 0.263 e. The number of benzene rings is 2. The van der Waals surface area contributed by atoms with E-state index in [1.165, 1.54) is 0 Å². The Labute approximate surface area is 175 Å². The number of ether oxygens (including phenoxy) is 1. The lowest BCUT2D eigenvalue weighted by atomic mass is 10.2. The zero-order valence-corrected chi connectivity index (χ0v) is 17.0. The minimum absolute atomic E-state index is 0.106. The molecule has 1 aliphatic rings. The van der Waals surface area contributed by atoms with E-state index in [-0.39, 0.29) is 11.5 Å². The van der Waals surface area contributed by atoms with E-state index in [0.29, 0.717) is 11.6 Å². The number of hydrogen-bond acceptors (Lipinski definition) is 5. The van der Waals surface area contributed by atoms with Crippen LogP contribution in [0, 0.1) is 11.3 Å². The second kappa shape index (κ2) is 9.85. The highest BCUT2D eigenvalue weighted by Crippen LogP contribution is 2.21. The average Bonchev–Trinajstić information content (AvgIpc) is 2.76. The molecule has 29 heavy (non-hydrogen) atoms. The normalized spacial score (nSPS) is 14.3. The van der Waals surface area contributed by atoms with Crippen LogP contribution in [-0.4, -0.2) is 44.1 Å². The van der Waals surface area contributed by atoms with Crippen LogP contribution in [0.15, 0.2) is 60.3 Å². The summed E-state index contributed by atoms with van der Waals surface area (Å²) >= 11 is 6.07. The number of methoxy groups -OCH3 is 1. The third-order valence-corrected chi connectivity index (χ3v) is 5.01. The molecule has 1 amide bonds. The van der Waals surface area contributed by atoms with Gasteiger partial charge in [-0.1, -0.05) is 29.8 Å². The Morgan fingerprint density at radius 2 is 1.93 bits per heavy atom. The van der Waals surface area contributed by atoms with Gasteiger partial charge in [-0.15, -0.1) is 0 Å². The molecular weight excluding hydrogens is 388 g/mol. The van der Waals surface area contributed by atoms with Crippen molar-refractivity contribution in [3.05, 3.63) is 70.9 Å². The summed E-state index contributed by atoms with van der Waals surface area (Å²) in [5.41, 5.74) is 2.13. The first-order valence-corrected chi connectivity index (χ1v) is 9.74. The van der Waals surface area contributed by atoms with Crippen molar-refractivity contribution in [1.82, 2.24) is 10.2 Å². The van der Waals surface area contributed by atoms with E-state index >= 15 is 0 Å². The molecule has 3 rings (SSSR count). The van der Waals surface area contributed by atoms with Crippen LogP contribution in [0.3, 0.4) is 0 Å². The van der Waals surface area contributed by atoms with Crippen molar-refractivity contribution >= 4 is 23.2 Å². The lowest BCUT2D eigenvalue weighted by Gasteiger charge is -2.35. The molecule has 0 aliphatic carbocycles. The highest BCUT2D eigenvalue weighted by molar-refractivity contribution is 6.30. The molecule has 1 saturated heterocycles. The molecule has 2 aromatic rings. The topological polar surface area (TPSA) is 68.6 Å². The number of nitrogens with zero attached hydrogens (tertiary/aromatic N) is 3. The number of rotatable bonds is 6. The van der Waals surface area contributed by atoms with Gasteiger partial charge in [-0.05, 0) is 35.9 Å². The van der Waals surface area contributed by atoms with Crippen LogP contribution in [0.2, 0.25) is 5.02 Å². The Bertz CT molecular complexity index is 913. The number of hydrogen-bond donors (Lipinski definition) is 1. The number of piperazine rings is 1. The fraction of sp³-hybridized carbons (Fsp3) is 0.273. The minimum atomic E-state index is -0.374. The predicted molar refractivity (Wildman–Crippen MR) is 114 cm³/mol. The second-order valence-electron chi connectivity index (χ2n) is 6.69. The Hall–Kier alpha value is -3.17. The van der Waals surface area contributed by atoms with Gasteiger partial charge in [-0.25, -0.2) is 0 Å². The molecule has 150 valence electrons. The van der Waals surface area contributed by atoms with Crippen molar-refractivity contribution in [1.29, 1.82) is 5.26 Å². The number of nitriles is 1. The van der Waals surface area contributed by atoms with Crippen molar-refractivity contribution < 1.29 is 9.53 Å². The van der Waals surface area contributed by atoms with Crippen LogP contribution in [0.1, 0.15) is 5.56 Å². The van der Waals surface area contributed by atoms with Crippen molar-refractivity contribution in [2.45, 2.75) is 6.54 Å². The maximum atomic E-state index is 12.4. The summed E-state index contributed by atoms with van der Waals surface area (Å²) in [7, 11) is 1.61. The van der Waals surface area contributed by atoms with Crippen LogP contribution in [-0.2, 0) is 11.3 Å². The molecule has 0 bridgehead atoms. The SMILES string of the molecule is COc1ccc(CNC(=O)C(C#N)=CN2CCN(c3cccc(Cl)c3)CC2)cc1. The van der Waals surface area contributed by atoms with Crippen LogP contribution in [0.5, 0.6) is 5.75 Å². The highest BCUT2D eigenvalue weighted by atomic mass is 35.5. The Balaban J connectivity index is 1.54. The van der Waals surface area contributed by atoms with Gasteiger partial charge >= 0.3 is 0 Å². The molecule has 7 heteroatoms. The molecule has 1 fully saturated rings. The molecule has 2 aromatic carbocycles. The molecule has 1 N–H and O–H groups in total. The fourth-order valence-corrected chi connectivity index (χ4v) is 3.31. The zero-order chi connectivity index (χ0) is 20.6. The van der Waals surface area contributed by atoms with E-state index in [1.807, 2.05) is 59.5 Å². The van der Waals surface area contributed by atoms with E-state index < -0.39 is 0 Å². The maximum Gasteiger partial charge on any atom is 0.263 e. The van der Waals surface area contributed by atoms with Crippen LogP contribution in [0.25, 0.3) is 0 Å². The van der Waals surface area contributed by atoms with Gasteiger partial charge in [0.2, 0.25) is 0 Å². The van der Waals surface area contributed by atoms with Gasteiger partial charge in [-0.3, -0.25) is 4.79 Å². The second-order valence-corrected chi connectivity index (χ2v) is 7.12. The predicted octanol–water partition coefficient (Wildman–Crippen LogP) is 3.19. The van der Waals surface area contributed by atoms with Crippen LogP contribution < -0.4 is 15.0 Å². The first-order chi connectivity index (χ1) is 14.1. The van der Waals surface area contributed by atoms with E-state index in [4.69, 9.17) is 16.3 Å². The monoisotopic (exact) mass is 410 g/mol. The average molecular weight is 411 g/mol. The number of halogens is 1. The number of anilines is 1. The Morgan fingerprint density at radius 1 is 1.21 bits per heavy atom. The summed E-state index contributed by atoms with van der Waals surface area (Å²) in [5, 5.41) is 12.9.